The Kier molecular flexibility index (Phi) is 8.65. The molecule has 0 bridgehead atoms. The van der Waals surface area contributed by atoms with Crippen molar-refractivity contribution in [2.75, 3.05) is 30.5 Å². The highest BCUT2D eigenvalue weighted by atomic mass is 19.4. The number of benzene rings is 2. The quantitative estimate of drug-likeness (QED) is 0.337. The molecule has 210 valence electrons. The standard InChI is InChI=1S/C25H24F3N7O5/c1-13-19(21(37)40-2)20(17-7-6-14(12-29)10-18(17)33-24(39)32-8-9-36)35(23(31)38)22(30)34(13)16-5-3-4-15(11-16)25(26,27)28/h3-7,10-11,20,30,36H,8-9H2,1-2H3,(H2,31,38)(H2,32,33,39)/t20-/m1/s1. The minimum absolute atomic E-state index is 0.0325. The molecule has 12 nitrogen and oxygen atoms in total. The van der Waals surface area contributed by atoms with E-state index in [1.54, 1.807) is 0 Å². The lowest BCUT2D eigenvalue weighted by Gasteiger charge is -2.43. The van der Waals surface area contributed by atoms with Gasteiger partial charge in [0.25, 0.3) is 0 Å². The molecule has 0 aromatic heterocycles. The third kappa shape index (κ3) is 5.81. The normalized spacial score (nSPS) is 15.4. The molecule has 6 N–H and O–H groups in total. The number of methoxy groups -OCH3 is 1. The van der Waals surface area contributed by atoms with Crippen molar-refractivity contribution >= 4 is 35.4 Å². The van der Waals surface area contributed by atoms with Crippen LogP contribution in [0.5, 0.6) is 0 Å². The third-order valence-electron chi connectivity index (χ3n) is 5.89. The maximum Gasteiger partial charge on any atom is 0.416 e. The molecule has 0 radical (unpaired) electrons. The van der Waals surface area contributed by atoms with E-state index in [2.05, 4.69) is 10.6 Å². The number of aliphatic hydroxyl groups is 1. The summed E-state index contributed by atoms with van der Waals surface area (Å²) in [6, 6.07) is 6.17. The van der Waals surface area contributed by atoms with Crippen molar-refractivity contribution in [3.63, 3.8) is 0 Å². The summed E-state index contributed by atoms with van der Waals surface area (Å²) >= 11 is 0. The predicted molar refractivity (Wildman–Crippen MR) is 136 cm³/mol. The van der Waals surface area contributed by atoms with Crippen molar-refractivity contribution in [3.05, 3.63) is 70.4 Å². The SMILES string of the molecule is COC(=O)C1=C(C)N(c2cccc(C(F)(F)F)c2)C(=N)N(C(N)=O)[C@@H]1c1ccc(C#N)cc1NC(=O)NCCO. The van der Waals surface area contributed by atoms with E-state index in [-0.39, 0.29) is 46.9 Å². The van der Waals surface area contributed by atoms with E-state index in [1.165, 1.54) is 31.2 Å². The number of allylic oxidation sites excluding steroid dienone is 1. The number of anilines is 2. The second kappa shape index (κ2) is 11.7. The highest BCUT2D eigenvalue weighted by Crippen LogP contribution is 2.43. The number of nitriles is 1. The van der Waals surface area contributed by atoms with E-state index in [0.717, 1.165) is 30.2 Å². The van der Waals surface area contributed by atoms with E-state index in [4.69, 9.17) is 21.0 Å². The second-order valence-electron chi connectivity index (χ2n) is 8.33. The number of aliphatic hydroxyl groups excluding tert-OH is 1. The van der Waals surface area contributed by atoms with Crippen LogP contribution in [0.1, 0.15) is 29.7 Å². The Labute approximate surface area is 225 Å². The number of guanidine groups is 1. The Morgan fingerprint density at radius 1 is 1.23 bits per heavy atom. The first-order chi connectivity index (χ1) is 18.8. The number of halogens is 3. The molecule has 0 spiro atoms. The van der Waals surface area contributed by atoms with Crippen molar-refractivity contribution in [3.8, 4) is 6.07 Å². The maximum absolute atomic E-state index is 13.4. The number of hydrogen-bond donors (Lipinski definition) is 5. The summed E-state index contributed by atoms with van der Waals surface area (Å²) in [5.74, 6) is -1.69. The number of esters is 1. The van der Waals surface area contributed by atoms with Gasteiger partial charge in [-0.15, -0.1) is 0 Å². The summed E-state index contributed by atoms with van der Waals surface area (Å²) in [4.78, 5) is 39.9. The van der Waals surface area contributed by atoms with E-state index < -0.39 is 41.8 Å². The van der Waals surface area contributed by atoms with Crippen LogP contribution in [0.15, 0.2) is 53.7 Å². The molecular weight excluding hydrogens is 535 g/mol. The van der Waals surface area contributed by atoms with E-state index in [9.17, 15) is 32.8 Å². The summed E-state index contributed by atoms with van der Waals surface area (Å²) in [5.41, 5.74) is 4.13. The lowest BCUT2D eigenvalue weighted by Crippen LogP contribution is -2.55. The Hall–Kier alpha value is -5.10. The van der Waals surface area contributed by atoms with Crippen LogP contribution in [0.2, 0.25) is 0 Å². The van der Waals surface area contributed by atoms with Crippen LogP contribution in [-0.4, -0.2) is 54.3 Å². The first-order valence-corrected chi connectivity index (χ1v) is 11.5. The zero-order valence-electron chi connectivity index (χ0n) is 21.2. The van der Waals surface area contributed by atoms with Crippen LogP contribution in [0.4, 0.5) is 34.1 Å². The number of hydrogen-bond acceptors (Lipinski definition) is 7. The van der Waals surface area contributed by atoms with Gasteiger partial charge in [0.15, 0.2) is 0 Å². The molecule has 1 heterocycles. The Morgan fingerprint density at radius 2 is 1.93 bits per heavy atom. The first-order valence-electron chi connectivity index (χ1n) is 11.5. The summed E-state index contributed by atoms with van der Waals surface area (Å²) < 4.78 is 45.3. The predicted octanol–water partition coefficient (Wildman–Crippen LogP) is 3.01. The van der Waals surface area contributed by atoms with Gasteiger partial charge in [-0.1, -0.05) is 12.1 Å². The molecule has 0 aliphatic carbocycles. The molecule has 1 aliphatic heterocycles. The minimum Gasteiger partial charge on any atom is -0.466 e. The maximum atomic E-state index is 13.4. The van der Waals surface area contributed by atoms with Gasteiger partial charge in [0.2, 0.25) is 5.96 Å². The number of primary amides is 1. The van der Waals surface area contributed by atoms with Crippen molar-refractivity contribution < 1.29 is 37.4 Å². The van der Waals surface area contributed by atoms with Gasteiger partial charge in [-0.05, 0) is 37.3 Å². The lowest BCUT2D eigenvalue weighted by atomic mass is 9.91. The fraction of sp³-hybridized carbons (Fsp3) is 0.240. The number of alkyl halides is 3. The summed E-state index contributed by atoms with van der Waals surface area (Å²) in [5, 5.41) is 32.0. The zero-order chi connectivity index (χ0) is 29.8. The number of carbonyl (C=O) groups excluding carboxylic acids is 3. The van der Waals surface area contributed by atoms with Crippen LogP contribution < -0.4 is 21.3 Å². The largest absolute Gasteiger partial charge is 0.466 e. The average Bonchev–Trinajstić information content (AvgIpc) is 2.90. The number of nitrogens with zero attached hydrogens (tertiary/aromatic N) is 3. The molecule has 1 aliphatic rings. The number of ether oxygens (including phenoxy) is 1. The van der Waals surface area contributed by atoms with Crippen molar-refractivity contribution in [2.24, 2.45) is 5.73 Å². The smallest absolute Gasteiger partial charge is 0.416 e. The molecule has 0 fully saturated rings. The van der Waals surface area contributed by atoms with Crippen LogP contribution in [0, 0.1) is 16.7 Å². The molecule has 2 aromatic carbocycles. The molecule has 4 amide bonds. The number of carbonyl (C=O) groups is 3. The van der Waals surface area contributed by atoms with Crippen molar-refractivity contribution in [2.45, 2.75) is 19.1 Å². The van der Waals surface area contributed by atoms with E-state index in [1.807, 2.05) is 6.07 Å². The Bertz CT molecular complexity index is 1430. The van der Waals surface area contributed by atoms with Crippen LogP contribution >= 0.6 is 0 Å². The van der Waals surface area contributed by atoms with Gasteiger partial charge in [0.05, 0.1) is 36.5 Å². The zero-order valence-corrected chi connectivity index (χ0v) is 21.2. The Morgan fingerprint density at radius 3 is 2.50 bits per heavy atom. The molecule has 15 heteroatoms. The van der Waals surface area contributed by atoms with Gasteiger partial charge in [-0.3, -0.25) is 15.2 Å². The van der Waals surface area contributed by atoms with Crippen LogP contribution in [-0.2, 0) is 15.7 Å². The van der Waals surface area contributed by atoms with Crippen LogP contribution in [0.25, 0.3) is 0 Å². The molecule has 0 saturated carbocycles. The van der Waals surface area contributed by atoms with Gasteiger partial charge >= 0.3 is 24.2 Å². The number of rotatable bonds is 6. The third-order valence-corrected chi connectivity index (χ3v) is 5.89. The van der Waals surface area contributed by atoms with E-state index >= 15 is 0 Å². The number of nitrogens with one attached hydrogen (secondary N) is 3. The van der Waals surface area contributed by atoms with Crippen molar-refractivity contribution in [1.82, 2.24) is 10.2 Å². The molecule has 0 unspecified atom stereocenters. The molecule has 0 saturated heterocycles. The summed E-state index contributed by atoms with van der Waals surface area (Å²) in [6.07, 6.45) is -4.72. The number of urea groups is 2. The van der Waals surface area contributed by atoms with Gasteiger partial charge in [-0.2, -0.15) is 18.4 Å². The fourth-order valence-electron chi connectivity index (χ4n) is 4.18. The molecule has 2 aromatic rings. The highest BCUT2D eigenvalue weighted by Gasteiger charge is 2.45. The number of nitrogens with two attached hydrogens (primary N) is 1. The summed E-state index contributed by atoms with van der Waals surface area (Å²) in [7, 11) is 1.04. The monoisotopic (exact) mass is 559 g/mol. The molecule has 40 heavy (non-hydrogen) atoms. The van der Waals surface area contributed by atoms with Gasteiger partial charge < -0.3 is 26.2 Å². The second-order valence-corrected chi connectivity index (χ2v) is 8.33. The first kappa shape index (κ1) is 29.5. The topological polar surface area (TPSA) is 185 Å². The summed E-state index contributed by atoms with van der Waals surface area (Å²) in [6.45, 7) is 0.865. The minimum atomic E-state index is -4.72. The fourth-order valence-corrected chi connectivity index (χ4v) is 4.18. The van der Waals surface area contributed by atoms with Crippen LogP contribution in [0.3, 0.4) is 0 Å². The van der Waals surface area contributed by atoms with Crippen molar-refractivity contribution in [1.29, 1.82) is 10.7 Å². The van der Waals surface area contributed by atoms with Gasteiger partial charge in [-0.25, -0.2) is 14.4 Å². The number of amides is 4. The molecule has 3 rings (SSSR count). The Balaban J connectivity index is 2.31. The average molecular weight is 560 g/mol. The lowest BCUT2D eigenvalue weighted by molar-refractivity contribution is -0.138. The van der Waals surface area contributed by atoms with E-state index in [0.29, 0.717) is 4.90 Å². The highest BCUT2D eigenvalue weighted by molar-refractivity contribution is 6.10. The van der Waals surface area contributed by atoms with Gasteiger partial charge in [0.1, 0.15) is 6.04 Å². The molecule has 1 atom stereocenters. The molecular formula is C25H24F3N7O5. The van der Waals surface area contributed by atoms with Gasteiger partial charge in [0, 0.05) is 29.2 Å².